The molecule has 0 radical (unpaired) electrons. The highest BCUT2D eigenvalue weighted by Crippen LogP contribution is 2.24. The molecule has 6 heteroatoms. The highest BCUT2D eigenvalue weighted by Gasteiger charge is 2.07. The van der Waals surface area contributed by atoms with Gasteiger partial charge in [0.1, 0.15) is 5.82 Å². The van der Waals surface area contributed by atoms with Gasteiger partial charge in [-0.25, -0.2) is 4.98 Å². The molecule has 15 heavy (non-hydrogen) atoms. The Hall–Kier alpha value is -0.170. The number of aromatic nitrogens is 2. The van der Waals surface area contributed by atoms with Gasteiger partial charge in [-0.05, 0) is 18.5 Å². The molecule has 86 valence electrons. The van der Waals surface area contributed by atoms with Crippen molar-refractivity contribution in [3.8, 4) is 0 Å². The van der Waals surface area contributed by atoms with E-state index in [1.165, 1.54) is 11.5 Å². The summed E-state index contributed by atoms with van der Waals surface area (Å²) in [7, 11) is 1.71. The number of thioether (sulfide) groups is 1. The van der Waals surface area contributed by atoms with Crippen LogP contribution in [0, 0.1) is 6.92 Å². The molecule has 1 rings (SSSR count). The van der Waals surface area contributed by atoms with Crippen molar-refractivity contribution in [2.75, 3.05) is 26.8 Å². The van der Waals surface area contributed by atoms with Crippen molar-refractivity contribution in [1.82, 2.24) is 14.7 Å². The average Bonchev–Trinajstić information content (AvgIpc) is 2.59. The summed E-state index contributed by atoms with van der Waals surface area (Å²) in [6.45, 7) is 6.72. The molecule has 0 aliphatic carbocycles. The van der Waals surface area contributed by atoms with Crippen LogP contribution in [-0.4, -0.2) is 41.4 Å². The molecule has 0 spiro atoms. The molecule has 0 amide bonds. The standard InChI is InChI=1S/C9H17N3OS2/c1-7(6-10-4-5-13-3)14-9-11-8(2)12-15-9/h7,10H,4-6H2,1-3H3. The summed E-state index contributed by atoms with van der Waals surface area (Å²) in [6.07, 6.45) is 0. The Morgan fingerprint density at radius 3 is 3.00 bits per heavy atom. The Morgan fingerprint density at radius 2 is 2.40 bits per heavy atom. The number of ether oxygens (including phenoxy) is 1. The Bertz CT molecular complexity index is 280. The third-order valence-electron chi connectivity index (χ3n) is 1.73. The first-order valence-electron chi connectivity index (χ1n) is 4.89. The largest absolute Gasteiger partial charge is 0.383 e. The molecule has 4 nitrogen and oxygen atoms in total. The quantitative estimate of drug-likeness (QED) is 0.585. The Morgan fingerprint density at radius 1 is 1.60 bits per heavy atom. The van der Waals surface area contributed by atoms with Crippen molar-refractivity contribution in [3.63, 3.8) is 0 Å². The van der Waals surface area contributed by atoms with Crippen molar-refractivity contribution in [3.05, 3.63) is 5.82 Å². The van der Waals surface area contributed by atoms with Crippen molar-refractivity contribution in [2.45, 2.75) is 23.4 Å². The fourth-order valence-electron chi connectivity index (χ4n) is 1.02. The molecule has 0 aromatic carbocycles. The number of aryl methyl sites for hydroxylation is 1. The van der Waals surface area contributed by atoms with Crippen molar-refractivity contribution < 1.29 is 4.74 Å². The van der Waals surface area contributed by atoms with Gasteiger partial charge in [-0.15, -0.1) is 0 Å². The third-order valence-corrected chi connectivity index (χ3v) is 3.70. The summed E-state index contributed by atoms with van der Waals surface area (Å²) in [5.74, 6) is 0.863. The van der Waals surface area contributed by atoms with Crippen LogP contribution in [0.3, 0.4) is 0 Å². The minimum atomic E-state index is 0.509. The summed E-state index contributed by atoms with van der Waals surface area (Å²) in [4.78, 5) is 4.31. The maximum atomic E-state index is 4.96. The normalized spacial score (nSPS) is 13.0. The maximum absolute atomic E-state index is 4.96. The molecular formula is C9H17N3OS2. The van der Waals surface area contributed by atoms with E-state index < -0.39 is 0 Å². The number of hydrogen-bond donors (Lipinski definition) is 1. The van der Waals surface area contributed by atoms with Gasteiger partial charge >= 0.3 is 0 Å². The summed E-state index contributed by atoms with van der Waals surface area (Å²) in [5.41, 5.74) is 0. The van der Waals surface area contributed by atoms with Gasteiger partial charge in [0.05, 0.1) is 6.61 Å². The van der Waals surface area contributed by atoms with E-state index in [4.69, 9.17) is 4.74 Å². The lowest BCUT2D eigenvalue weighted by molar-refractivity contribution is 0.199. The summed E-state index contributed by atoms with van der Waals surface area (Å²) in [5, 5.41) is 3.83. The lowest BCUT2D eigenvalue weighted by Crippen LogP contribution is -2.26. The zero-order valence-electron chi connectivity index (χ0n) is 9.32. The first-order valence-corrected chi connectivity index (χ1v) is 6.54. The van der Waals surface area contributed by atoms with Gasteiger partial charge in [0.2, 0.25) is 0 Å². The lowest BCUT2D eigenvalue weighted by Gasteiger charge is -2.09. The van der Waals surface area contributed by atoms with Crippen LogP contribution in [0.2, 0.25) is 0 Å². The van der Waals surface area contributed by atoms with Crippen LogP contribution < -0.4 is 5.32 Å². The van der Waals surface area contributed by atoms with Crippen LogP contribution in [0.1, 0.15) is 12.7 Å². The molecule has 1 atom stereocenters. The molecule has 1 heterocycles. The van der Waals surface area contributed by atoms with Crippen LogP contribution >= 0.6 is 23.3 Å². The summed E-state index contributed by atoms with van der Waals surface area (Å²) < 4.78 is 10.2. The molecule has 0 fully saturated rings. The van der Waals surface area contributed by atoms with Gasteiger partial charge in [-0.2, -0.15) is 4.37 Å². The van der Waals surface area contributed by atoms with E-state index in [2.05, 4.69) is 21.6 Å². The fourth-order valence-corrected chi connectivity index (χ4v) is 2.95. The predicted molar refractivity (Wildman–Crippen MR) is 64.7 cm³/mol. The molecule has 1 aromatic heterocycles. The van der Waals surface area contributed by atoms with Gasteiger partial charge in [-0.1, -0.05) is 18.7 Å². The number of nitrogens with one attached hydrogen (secondary N) is 1. The second kappa shape index (κ2) is 7.16. The minimum Gasteiger partial charge on any atom is -0.383 e. The molecular weight excluding hydrogens is 230 g/mol. The molecule has 1 N–H and O–H groups in total. The Balaban J connectivity index is 2.15. The Kier molecular flexibility index (Phi) is 6.16. The molecule has 0 bridgehead atoms. The van der Waals surface area contributed by atoms with Gasteiger partial charge in [0.15, 0.2) is 4.34 Å². The number of hydrogen-bond acceptors (Lipinski definition) is 6. The van der Waals surface area contributed by atoms with Crippen molar-refractivity contribution in [1.29, 1.82) is 0 Å². The summed E-state index contributed by atoms with van der Waals surface area (Å²) >= 11 is 3.24. The highest BCUT2D eigenvalue weighted by atomic mass is 32.2. The first-order chi connectivity index (χ1) is 7.22. The molecule has 0 saturated carbocycles. The van der Waals surface area contributed by atoms with Crippen LogP contribution in [0.15, 0.2) is 4.34 Å². The van der Waals surface area contributed by atoms with Gasteiger partial charge in [-0.3, -0.25) is 0 Å². The van der Waals surface area contributed by atoms with Crippen LogP contribution in [-0.2, 0) is 4.74 Å². The molecule has 1 aromatic rings. The maximum Gasteiger partial charge on any atom is 0.170 e. The minimum absolute atomic E-state index is 0.509. The zero-order valence-corrected chi connectivity index (χ0v) is 11.0. The highest BCUT2D eigenvalue weighted by molar-refractivity contribution is 8.01. The first kappa shape index (κ1) is 12.9. The number of nitrogens with zero attached hydrogens (tertiary/aromatic N) is 2. The van der Waals surface area contributed by atoms with E-state index in [9.17, 15) is 0 Å². The van der Waals surface area contributed by atoms with E-state index in [0.29, 0.717) is 5.25 Å². The van der Waals surface area contributed by atoms with E-state index in [1.54, 1.807) is 18.9 Å². The third kappa shape index (κ3) is 5.46. The topological polar surface area (TPSA) is 47.0 Å². The SMILES string of the molecule is COCCNCC(C)Sc1nc(C)ns1. The molecule has 0 aliphatic rings. The van der Waals surface area contributed by atoms with Gasteiger partial charge < -0.3 is 10.1 Å². The summed E-state index contributed by atoms with van der Waals surface area (Å²) in [6, 6.07) is 0. The molecule has 0 aliphatic heterocycles. The van der Waals surface area contributed by atoms with Gasteiger partial charge in [0.25, 0.3) is 0 Å². The van der Waals surface area contributed by atoms with Crippen LogP contribution in [0.5, 0.6) is 0 Å². The monoisotopic (exact) mass is 247 g/mol. The predicted octanol–water partition coefficient (Wildman–Crippen LogP) is 1.56. The van der Waals surface area contributed by atoms with Crippen LogP contribution in [0.25, 0.3) is 0 Å². The van der Waals surface area contributed by atoms with E-state index >= 15 is 0 Å². The van der Waals surface area contributed by atoms with E-state index in [1.807, 2.05) is 6.92 Å². The van der Waals surface area contributed by atoms with E-state index in [0.717, 1.165) is 29.9 Å². The zero-order chi connectivity index (χ0) is 11.1. The number of rotatable bonds is 7. The van der Waals surface area contributed by atoms with E-state index in [-0.39, 0.29) is 0 Å². The van der Waals surface area contributed by atoms with Crippen molar-refractivity contribution >= 4 is 23.3 Å². The Labute approximate surface area is 99.0 Å². The second-order valence-corrected chi connectivity index (χ2v) is 5.67. The molecule has 1 unspecified atom stereocenters. The van der Waals surface area contributed by atoms with Crippen LogP contribution in [0.4, 0.5) is 0 Å². The van der Waals surface area contributed by atoms with Gasteiger partial charge in [0, 0.05) is 25.4 Å². The lowest BCUT2D eigenvalue weighted by atomic mass is 10.4. The average molecular weight is 247 g/mol. The smallest absolute Gasteiger partial charge is 0.170 e. The molecule has 0 saturated heterocycles. The number of methoxy groups -OCH3 is 1. The fraction of sp³-hybridized carbons (Fsp3) is 0.778. The second-order valence-electron chi connectivity index (χ2n) is 3.23. The van der Waals surface area contributed by atoms with Crippen molar-refractivity contribution in [2.24, 2.45) is 0 Å².